The number of carbonyl (C=O) groups excluding carboxylic acids is 4. The second-order valence-electron chi connectivity index (χ2n) is 11.9. The number of rotatable bonds is 17. The molecular weight excluding hydrogens is 687 g/mol. The number of nitrogens with zero attached hydrogens (tertiary/aromatic N) is 4. The first kappa shape index (κ1) is 37.2. The molecule has 3 amide bonds. The minimum atomic E-state index is -4.90. The summed E-state index contributed by atoms with van der Waals surface area (Å²) < 4.78 is 24.3. The first-order valence-corrected chi connectivity index (χ1v) is 17.9. The zero-order valence-corrected chi connectivity index (χ0v) is 28.8. The molecule has 3 heterocycles. The van der Waals surface area contributed by atoms with Crippen LogP contribution < -0.4 is 15.6 Å². The molecule has 4 aromatic rings. The lowest BCUT2D eigenvalue weighted by molar-refractivity contribution is -0.197. The fourth-order valence-electron chi connectivity index (χ4n) is 5.60. The molecule has 1 saturated heterocycles. The quantitative estimate of drug-likeness (QED) is 0.0597. The summed E-state index contributed by atoms with van der Waals surface area (Å²) in [6.45, 7) is 2.84. The topological polar surface area (TPSA) is 246 Å². The molecular formula is C33H39N6O11P. The standard InChI is InChI=1S/C33H39N6O11P/c1-2-3-4-26-37-31-32(38(26)19-21-18-22(40)6-8-25(21)50-51(45,46)47)23-17-20(5-7-24(23)36-33(31)34)13-15-48-16-14-35-27(41)9-12-30(44)49-39-28(42)10-11-29(39)43/h5-8,17-18,40H,2-4,9-16,19H2,1H3,(H2,34,36)(H,35,41)(H2,45,46,47). The van der Waals surface area contributed by atoms with Crippen LogP contribution in [-0.4, -0.2) is 77.9 Å². The van der Waals surface area contributed by atoms with E-state index >= 15 is 0 Å². The van der Waals surface area contributed by atoms with Crippen LogP contribution in [0.15, 0.2) is 36.4 Å². The van der Waals surface area contributed by atoms with Crippen LogP contribution in [-0.2, 0) is 52.7 Å². The van der Waals surface area contributed by atoms with E-state index in [1.54, 1.807) is 0 Å². The molecule has 5 rings (SSSR count). The minimum absolute atomic E-state index is 0.0144. The van der Waals surface area contributed by atoms with Crippen LogP contribution in [0.3, 0.4) is 0 Å². The van der Waals surface area contributed by atoms with Gasteiger partial charge in [-0.3, -0.25) is 24.2 Å². The van der Waals surface area contributed by atoms with Crippen LogP contribution in [0.4, 0.5) is 5.82 Å². The smallest absolute Gasteiger partial charge is 0.508 e. The van der Waals surface area contributed by atoms with Crippen molar-refractivity contribution in [1.82, 2.24) is 24.9 Å². The van der Waals surface area contributed by atoms with E-state index in [9.17, 15) is 38.6 Å². The number of benzene rings is 2. The number of phenols is 1. The number of aryl methyl sites for hydroxylation is 1. The Labute approximate surface area is 291 Å². The van der Waals surface area contributed by atoms with Crippen LogP contribution >= 0.6 is 7.82 Å². The van der Waals surface area contributed by atoms with E-state index in [1.807, 2.05) is 29.7 Å². The van der Waals surface area contributed by atoms with Gasteiger partial charge in [0.2, 0.25) is 5.91 Å². The molecule has 1 aliphatic rings. The van der Waals surface area contributed by atoms with Gasteiger partial charge in [-0.1, -0.05) is 19.4 Å². The predicted octanol–water partition coefficient (Wildman–Crippen LogP) is 2.80. The molecule has 2 aromatic heterocycles. The van der Waals surface area contributed by atoms with Crippen molar-refractivity contribution in [3.8, 4) is 11.5 Å². The Morgan fingerprint density at radius 3 is 2.51 bits per heavy atom. The number of hydroxylamine groups is 2. The lowest BCUT2D eigenvalue weighted by Crippen LogP contribution is -2.33. The van der Waals surface area contributed by atoms with Crippen LogP contribution in [0, 0.1) is 0 Å². The highest BCUT2D eigenvalue weighted by Gasteiger charge is 2.32. The molecule has 1 aliphatic heterocycles. The summed E-state index contributed by atoms with van der Waals surface area (Å²) in [7, 11) is -4.90. The van der Waals surface area contributed by atoms with Gasteiger partial charge in [-0.25, -0.2) is 19.3 Å². The molecule has 0 radical (unpaired) electrons. The second-order valence-corrected chi connectivity index (χ2v) is 13.1. The van der Waals surface area contributed by atoms with Gasteiger partial charge in [0, 0.05) is 43.2 Å². The first-order valence-electron chi connectivity index (χ1n) is 16.4. The fraction of sp³-hybridized carbons (Fsp3) is 0.394. The molecule has 0 spiro atoms. The Kier molecular flexibility index (Phi) is 11.9. The minimum Gasteiger partial charge on any atom is -0.508 e. The van der Waals surface area contributed by atoms with Crippen LogP contribution in [0.1, 0.15) is 62.4 Å². The number of ether oxygens (including phenoxy) is 1. The van der Waals surface area contributed by atoms with Crippen molar-refractivity contribution in [1.29, 1.82) is 0 Å². The van der Waals surface area contributed by atoms with E-state index < -0.39 is 31.5 Å². The number of imidazole rings is 1. The molecule has 0 atom stereocenters. The Morgan fingerprint density at radius 1 is 1.02 bits per heavy atom. The number of fused-ring (bicyclic) bond motifs is 3. The Balaban J connectivity index is 1.24. The Hall–Kier alpha value is -5.09. The average molecular weight is 727 g/mol. The summed E-state index contributed by atoms with van der Waals surface area (Å²) >= 11 is 0. The maximum atomic E-state index is 12.1. The van der Waals surface area contributed by atoms with E-state index in [1.165, 1.54) is 18.2 Å². The summed E-state index contributed by atoms with van der Waals surface area (Å²) in [4.78, 5) is 80.3. The largest absolute Gasteiger partial charge is 0.524 e. The van der Waals surface area contributed by atoms with Crippen molar-refractivity contribution in [3.63, 3.8) is 0 Å². The van der Waals surface area contributed by atoms with Crippen molar-refractivity contribution < 1.29 is 52.7 Å². The van der Waals surface area contributed by atoms with E-state index in [4.69, 9.17) is 24.8 Å². The maximum Gasteiger partial charge on any atom is 0.524 e. The molecule has 272 valence electrons. The second kappa shape index (κ2) is 16.3. The summed E-state index contributed by atoms with van der Waals surface area (Å²) in [5.41, 5.74) is 9.37. The molecule has 6 N–H and O–H groups in total. The molecule has 0 unspecified atom stereocenters. The molecule has 0 bridgehead atoms. The van der Waals surface area contributed by atoms with Gasteiger partial charge in [0.1, 0.15) is 22.8 Å². The molecule has 17 nitrogen and oxygen atoms in total. The van der Waals surface area contributed by atoms with E-state index in [0.29, 0.717) is 52.4 Å². The molecule has 18 heteroatoms. The molecule has 51 heavy (non-hydrogen) atoms. The summed E-state index contributed by atoms with van der Waals surface area (Å²) in [6, 6.07) is 9.65. The maximum absolute atomic E-state index is 12.1. The number of carbonyl (C=O) groups is 4. The predicted molar refractivity (Wildman–Crippen MR) is 182 cm³/mol. The third-order valence-corrected chi connectivity index (χ3v) is 8.48. The van der Waals surface area contributed by atoms with Gasteiger partial charge in [0.15, 0.2) is 5.82 Å². The van der Waals surface area contributed by atoms with Gasteiger partial charge < -0.3 is 34.8 Å². The number of pyridine rings is 1. The van der Waals surface area contributed by atoms with E-state index in [0.717, 1.165) is 23.8 Å². The monoisotopic (exact) mass is 726 g/mol. The molecule has 2 aromatic carbocycles. The van der Waals surface area contributed by atoms with Crippen molar-refractivity contribution in [2.75, 3.05) is 25.5 Å². The number of aromatic nitrogens is 3. The van der Waals surface area contributed by atoms with E-state index in [2.05, 4.69) is 10.3 Å². The number of amides is 3. The van der Waals surface area contributed by atoms with Crippen LogP contribution in [0.25, 0.3) is 21.9 Å². The molecule has 0 aliphatic carbocycles. The lowest BCUT2D eigenvalue weighted by Gasteiger charge is -2.16. The van der Waals surface area contributed by atoms with E-state index in [-0.39, 0.29) is 62.7 Å². The number of phosphoric acid groups is 1. The Bertz CT molecular complexity index is 1990. The third-order valence-electron chi connectivity index (χ3n) is 8.05. The number of nitrogens with two attached hydrogens (primary N) is 1. The fourth-order valence-corrected chi connectivity index (χ4v) is 6.03. The first-order chi connectivity index (χ1) is 24.3. The van der Waals surface area contributed by atoms with Gasteiger partial charge in [0.05, 0.1) is 37.2 Å². The van der Waals surface area contributed by atoms with Gasteiger partial charge in [-0.05, 0) is 48.7 Å². The van der Waals surface area contributed by atoms with Gasteiger partial charge in [-0.2, -0.15) is 0 Å². The summed E-state index contributed by atoms with van der Waals surface area (Å²) in [6.07, 6.45) is 2.31. The number of anilines is 1. The number of phenolic OH excluding ortho intramolecular Hbond substituents is 1. The number of aromatic hydroxyl groups is 1. The zero-order chi connectivity index (χ0) is 36.7. The SMILES string of the molecule is CCCCc1nc2c(N)nc3ccc(CCOCCNC(=O)CCC(=O)ON4C(=O)CCC4=O)cc3c2n1Cc1cc(O)ccc1OP(=O)(O)O. The van der Waals surface area contributed by atoms with Crippen molar-refractivity contribution in [2.24, 2.45) is 0 Å². The highest BCUT2D eigenvalue weighted by Crippen LogP contribution is 2.41. The normalized spacial score (nSPS) is 13.4. The number of phosphoric ester groups is 1. The molecule has 1 fully saturated rings. The van der Waals surface area contributed by atoms with Crippen molar-refractivity contribution in [3.05, 3.63) is 53.3 Å². The Morgan fingerprint density at radius 2 is 1.78 bits per heavy atom. The highest BCUT2D eigenvalue weighted by molar-refractivity contribution is 7.46. The van der Waals surface area contributed by atoms with Crippen LogP contribution in [0.2, 0.25) is 0 Å². The van der Waals surface area contributed by atoms with Crippen LogP contribution in [0.5, 0.6) is 11.5 Å². The third kappa shape index (κ3) is 9.58. The number of nitrogen functional groups attached to an aromatic ring is 1. The number of nitrogens with one attached hydrogen (secondary N) is 1. The number of hydrogen-bond donors (Lipinski definition) is 5. The average Bonchev–Trinajstić information content (AvgIpc) is 3.60. The van der Waals surface area contributed by atoms with Gasteiger partial charge >= 0.3 is 13.8 Å². The summed E-state index contributed by atoms with van der Waals surface area (Å²) in [5.74, 6) is -1.73. The lowest BCUT2D eigenvalue weighted by atomic mass is 10.1. The highest BCUT2D eigenvalue weighted by atomic mass is 31.2. The van der Waals surface area contributed by atoms with Crippen molar-refractivity contribution in [2.45, 2.75) is 64.8 Å². The summed E-state index contributed by atoms with van der Waals surface area (Å²) in [5, 5.41) is 14.1. The number of unbranched alkanes of at least 4 members (excludes halogenated alkanes) is 1. The van der Waals surface area contributed by atoms with Gasteiger partial charge in [0.25, 0.3) is 11.8 Å². The number of hydrogen-bond acceptors (Lipinski definition) is 12. The number of imide groups is 1. The van der Waals surface area contributed by atoms with Gasteiger partial charge in [-0.15, -0.1) is 5.06 Å². The van der Waals surface area contributed by atoms with Crippen molar-refractivity contribution >= 4 is 59.3 Å². The molecule has 0 saturated carbocycles. The zero-order valence-electron chi connectivity index (χ0n) is 27.9.